The van der Waals surface area contributed by atoms with E-state index < -0.39 is 0 Å². The zero-order valence-corrected chi connectivity index (χ0v) is 13.8. The predicted octanol–water partition coefficient (Wildman–Crippen LogP) is 1.95. The maximum Gasteiger partial charge on any atom is 0.227 e. The largest absolute Gasteiger partial charge is 0.356 e. The zero-order valence-electron chi connectivity index (χ0n) is 13.8. The van der Waals surface area contributed by atoms with Crippen molar-refractivity contribution in [2.24, 2.45) is 0 Å². The molecule has 2 rings (SSSR count). The number of nitrogens with one attached hydrogen (secondary N) is 1. The van der Waals surface area contributed by atoms with Crippen LogP contribution in [0.25, 0.3) is 0 Å². The lowest BCUT2D eigenvalue weighted by atomic mass is 10.2. The van der Waals surface area contributed by atoms with E-state index in [9.17, 15) is 4.79 Å². The standard InChI is InChI=1S/C17H24N4O2/c1-14-19-17(23-20-14)10-9-16(22)18-11-6-12-21(2)13-15-7-4-3-5-8-15/h3-5,7-8H,6,9-13H2,1-2H3,(H,18,22). The van der Waals surface area contributed by atoms with E-state index in [0.717, 1.165) is 19.5 Å². The Morgan fingerprint density at radius 2 is 2.09 bits per heavy atom. The van der Waals surface area contributed by atoms with Gasteiger partial charge in [-0.15, -0.1) is 0 Å². The molecule has 0 aliphatic rings. The van der Waals surface area contributed by atoms with Crippen molar-refractivity contribution in [2.75, 3.05) is 20.1 Å². The second-order valence-corrected chi connectivity index (χ2v) is 5.66. The average molecular weight is 316 g/mol. The van der Waals surface area contributed by atoms with Gasteiger partial charge in [0.25, 0.3) is 0 Å². The minimum atomic E-state index is 0.0200. The first-order valence-electron chi connectivity index (χ1n) is 7.92. The molecule has 0 fully saturated rings. The lowest BCUT2D eigenvalue weighted by Gasteiger charge is -2.16. The number of carbonyl (C=O) groups excluding carboxylic acids is 1. The fraction of sp³-hybridized carbons (Fsp3) is 0.471. The molecule has 6 nitrogen and oxygen atoms in total. The monoisotopic (exact) mass is 316 g/mol. The molecule has 0 unspecified atom stereocenters. The van der Waals surface area contributed by atoms with Crippen LogP contribution in [0.15, 0.2) is 34.9 Å². The summed E-state index contributed by atoms with van der Waals surface area (Å²) >= 11 is 0. The molecule has 1 amide bonds. The third-order valence-electron chi connectivity index (χ3n) is 3.47. The molecular weight excluding hydrogens is 292 g/mol. The lowest BCUT2D eigenvalue weighted by molar-refractivity contribution is -0.121. The van der Waals surface area contributed by atoms with Gasteiger partial charge in [0.1, 0.15) is 0 Å². The van der Waals surface area contributed by atoms with Crippen molar-refractivity contribution in [2.45, 2.75) is 32.7 Å². The van der Waals surface area contributed by atoms with Gasteiger partial charge in [-0.1, -0.05) is 35.5 Å². The number of aromatic nitrogens is 2. The molecule has 0 bridgehead atoms. The van der Waals surface area contributed by atoms with E-state index in [1.165, 1.54) is 5.56 Å². The van der Waals surface area contributed by atoms with Crippen molar-refractivity contribution in [3.63, 3.8) is 0 Å². The number of benzene rings is 1. The molecule has 23 heavy (non-hydrogen) atoms. The van der Waals surface area contributed by atoms with Gasteiger partial charge >= 0.3 is 0 Å². The van der Waals surface area contributed by atoms with E-state index in [1.807, 2.05) is 18.2 Å². The zero-order chi connectivity index (χ0) is 16.5. The summed E-state index contributed by atoms with van der Waals surface area (Å²) in [6.45, 7) is 4.31. The Morgan fingerprint density at radius 3 is 2.78 bits per heavy atom. The van der Waals surface area contributed by atoms with Gasteiger partial charge in [0.05, 0.1) is 0 Å². The SMILES string of the molecule is Cc1noc(CCC(=O)NCCCN(C)Cc2ccccc2)n1. The smallest absolute Gasteiger partial charge is 0.227 e. The van der Waals surface area contributed by atoms with E-state index in [1.54, 1.807) is 6.92 Å². The van der Waals surface area contributed by atoms with Crippen LogP contribution in [0.5, 0.6) is 0 Å². The second-order valence-electron chi connectivity index (χ2n) is 5.66. The number of aryl methyl sites for hydroxylation is 2. The Hall–Kier alpha value is -2.21. The summed E-state index contributed by atoms with van der Waals surface area (Å²) in [4.78, 5) is 18.1. The van der Waals surface area contributed by atoms with E-state index >= 15 is 0 Å². The molecule has 1 heterocycles. The van der Waals surface area contributed by atoms with Crippen LogP contribution in [0.3, 0.4) is 0 Å². The normalized spacial score (nSPS) is 10.9. The highest BCUT2D eigenvalue weighted by Crippen LogP contribution is 2.03. The first kappa shape index (κ1) is 17.1. The number of hydrogen-bond donors (Lipinski definition) is 1. The summed E-state index contributed by atoms with van der Waals surface area (Å²) in [5.41, 5.74) is 1.30. The van der Waals surface area contributed by atoms with Crippen LogP contribution < -0.4 is 5.32 Å². The maximum atomic E-state index is 11.7. The summed E-state index contributed by atoms with van der Waals surface area (Å²) in [6.07, 6.45) is 1.79. The number of nitrogens with zero attached hydrogens (tertiary/aromatic N) is 3. The van der Waals surface area contributed by atoms with Crippen LogP contribution in [0.1, 0.15) is 30.1 Å². The molecule has 1 aromatic carbocycles. The highest BCUT2D eigenvalue weighted by molar-refractivity contribution is 5.75. The van der Waals surface area contributed by atoms with E-state index in [-0.39, 0.29) is 5.91 Å². The lowest BCUT2D eigenvalue weighted by Crippen LogP contribution is -2.28. The van der Waals surface area contributed by atoms with Gasteiger partial charge in [0.2, 0.25) is 11.8 Å². The Morgan fingerprint density at radius 1 is 1.30 bits per heavy atom. The first-order valence-corrected chi connectivity index (χ1v) is 7.92. The third kappa shape index (κ3) is 6.61. The summed E-state index contributed by atoms with van der Waals surface area (Å²) in [6, 6.07) is 10.4. The van der Waals surface area contributed by atoms with Crippen LogP contribution >= 0.6 is 0 Å². The molecule has 1 aromatic heterocycles. The molecule has 1 N–H and O–H groups in total. The molecule has 0 saturated carbocycles. The molecule has 0 atom stereocenters. The number of amides is 1. The Kier molecular flexibility index (Phi) is 6.75. The molecular formula is C17H24N4O2. The van der Waals surface area contributed by atoms with Gasteiger partial charge in [-0.05, 0) is 32.5 Å². The molecule has 2 aromatic rings. The Bertz CT molecular complexity index is 598. The van der Waals surface area contributed by atoms with Crippen molar-refractivity contribution in [3.05, 3.63) is 47.6 Å². The first-order chi connectivity index (χ1) is 11.1. The van der Waals surface area contributed by atoms with Gasteiger partial charge in [-0.25, -0.2) is 0 Å². The minimum absolute atomic E-state index is 0.0200. The van der Waals surface area contributed by atoms with Crippen LogP contribution in [0.4, 0.5) is 0 Å². The van der Waals surface area contributed by atoms with Crippen molar-refractivity contribution in [3.8, 4) is 0 Å². The average Bonchev–Trinajstić information content (AvgIpc) is 2.96. The van der Waals surface area contributed by atoms with Gasteiger partial charge in [-0.2, -0.15) is 4.98 Å². The van der Waals surface area contributed by atoms with Gasteiger partial charge in [0.15, 0.2) is 5.82 Å². The van der Waals surface area contributed by atoms with Crippen LogP contribution in [0.2, 0.25) is 0 Å². The van der Waals surface area contributed by atoms with Crippen LogP contribution in [-0.4, -0.2) is 41.1 Å². The molecule has 0 saturated heterocycles. The Labute approximate surface area is 136 Å². The quantitative estimate of drug-likeness (QED) is 0.716. The summed E-state index contributed by atoms with van der Waals surface area (Å²) in [5.74, 6) is 1.13. The number of carbonyl (C=O) groups is 1. The fourth-order valence-corrected chi connectivity index (χ4v) is 2.30. The van der Waals surface area contributed by atoms with Crippen LogP contribution in [0, 0.1) is 6.92 Å². The van der Waals surface area contributed by atoms with Gasteiger partial charge < -0.3 is 14.7 Å². The molecule has 124 valence electrons. The third-order valence-corrected chi connectivity index (χ3v) is 3.47. The number of hydrogen-bond acceptors (Lipinski definition) is 5. The summed E-state index contributed by atoms with van der Waals surface area (Å²) in [7, 11) is 2.09. The van der Waals surface area contributed by atoms with E-state index in [2.05, 4.69) is 39.5 Å². The second kappa shape index (κ2) is 9.05. The van der Waals surface area contributed by atoms with Gasteiger partial charge in [0, 0.05) is 25.9 Å². The summed E-state index contributed by atoms with van der Waals surface area (Å²) < 4.78 is 4.98. The van der Waals surface area contributed by atoms with Gasteiger partial charge in [-0.3, -0.25) is 4.79 Å². The van der Waals surface area contributed by atoms with Crippen molar-refractivity contribution in [1.29, 1.82) is 0 Å². The van der Waals surface area contributed by atoms with E-state index in [0.29, 0.717) is 31.1 Å². The van der Waals surface area contributed by atoms with Crippen molar-refractivity contribution < 1.29 is 9.32 Å². The highest BCUT2D eigenvalue weighted by Gasteiger charge is 2.07. The molecule has 0 spiro atoms. The minimum Gasteiger partial charge on any atom is -0.356 e. The Balaban J connectivity index is 1.55. The highest BCUT2D eigenvalue weighted by atomic mass is 16.5. The topological polar surface area (TPSA) is 71.3 Å². The maximum absolute atomic E-state index is 11.7. The molecule has 0 aliphatic carbocycles. The fourth-order valence-electron chi connectivity index (χ4n) is 2.30. The molecule has 0 radical (unpaired) electrons. The summed E-state index contributed by atoms with van der Waals surface area (Å²) in [5, 5.41) is 6.62. The van der Waals surface area contributed by atoms with Crippen molar-refractivity contribution >= 4 is 5.91 Å². The van der Waals surface area contributed by atoms with Crippen molar-refractivity contribution in [1.82, 2.24) is 20.4 Å². The van der Waals surface area contributed by atoms with Crippen LogP contribution in [-0.2, 0) is 17.8 Å². The molecule has 6 heteroatoms. The molecule has 0 aliphatic heterocycles. The predicted molar refractivity (Wildman–Crippen MR) is 87.8 cm³/mol. The number of rotatable bonds is 9. The van der Waals surface area contributed by atoms with E-state index in [4.69, 9.17) is 4.52 Å².